The zero-order valence-corrected chi connectivity index (χ0v) is 21.6. The molecule has 0 saturated heterocycles. The summed E-state index contributed by atoms with van der Waals surface area (Å²) in [5.74, 6) is -0.548. The first-order valence-electron chi connectivity index (χ1n) is 11.4. The molecule has 0 bridgehead atoms. The van der Waals surface area contributed by atoms with Crippen molar-refractivity contribution in [1.29, 1.82) is 0 Å². The summed E-state index contributed by atoms with van der Waals surface area (Å²) in [7, 11) is 3.31. The molecule has 3 rings (SSSR count). The zero-order chi connectivity index (χ0) is 22.8. The number of benzene rings is 1. The predicted octanol–water partition coefficient (Wildman–Crippen LogP) is 1.84. The third-order valence-corrected chi connectivity index (χ3v) is 5.64. The van der Waals surface area contributed by atoms with Crippen molar-refractivity contribution in [2.45, 2.75) is 51.5 Å². The molecule has 0 atom stereocenters. The van der Waals surface area contributed by atoms with Gasteiger partial charge in [-0.25, -0.2) is 14.2 Å². The molecule has 0 fully saturated rings. The summed E-state index contributed by atoms with van der Waals surface area (Å²) in [6.07, 6.45) is 11.2. The Morgan fingerprint density at radius 2 is 1.61 bits per heavy atom. The van der Waals surface area contributed by atoms with Gasteiger partial charge in [0.1, 0.15) is 18.3 Å². The molecule has 33 heavy (non-hydrogen) atoms. The number of rotatable bonds is 12. The molecule has 7 heteroatoms. The Hall–Kier alpha value is -2.42. The van der Waals surface area contributed by atoms with Crippen LogP contribution in [0.4, 0.5) is 0 Å². The normalized spacial score (nSPS) is 10.6. The summed E-state index contributed by atoms with van der Waals surface area (Å²) in [5.41, 5.74) is 2.28. The van der Waals surface area contributed by atoms with Crippen LogP contribution in [0.5, 0.6) is 0 Å². The second-order valence-electron chi connectivity index (χ2n) is 8.10. The number of fused-ring (bicyclic) bond motifs is 1. The van der Waals surface area contributed by atoms with Crippen LogP contribution in [0.2, 0.25) is 0 Å². The van der Waals surface area contributed by atoms with Crippen LogP contribution in [0.3, 0.4) is 0 Å². The quantitative estimate of drug-likeness (QED) is 0.146. The maximum Gasteiger partial charge on any atom is 0.354 e. The third kappa shape index (κ3) is 7.84. The number of nitrogens with zero attached hydrogens (tertiary/aromatic N) is 2. The SMILES string of the molecule is COC(=O)c1cc2ccccc2n1CCCCCCCCCOC(=O)c1ccc[n+](C)c1.[I-]. The molecule has 0 aliphatic heterocycles. The van der Waals surface area contributed by atoms with E-state index in [4.69, 9.17) is 9.47 Å². The van der Waals surface area contributed by atoms with Gasteiger partial charge < -0.3 is 38.0 Å². The average Bonchev–Trinajstić information content (AvgIpc) is 3.18. The van der Waals surface area contributed by atoms with Crippen LogP contribution in [-0.4, -0.2) is 30.2 Å². The zero-order valence-electron chi connectivity index (χ0n) is 19.5. The summed E-state index contributed by atoms with van der Waals surface area (Å²) in [4.78, 5) is 24.1. The standard InChI is InChI=1S/C26H33N2O4.HI/c1-27-16-12-14-22(20-27)25(29)32-18-11-7-5-3-4-6-10-17-28-23-15-9-8-13-21(23)19-24(28)26(30)31-2;/h8-9,12-16,19-20H,3-7,10-11,17-18H2,1-2H3;1H/q+1;/p-1. The van der Waals surface area contributed by atoms with Crippen molar-refractivity contribution in [3.05, 3.63) is 66.1 Å². The van der Waals surface area contributed by atoms with E-state index < -0.39 is 0 Å². The number of carbonyl (C=O) groups excluding carboxylic acids is 2. The number of aryl methyl sites for hydroxylation is 2. The summed E-state index contributed by atoms with van der Waals surface area (Å²) in [6.45, 7) is 1.28. The Balaban J connectivity index is 0.00000385. The number of carbonyl (C=O) groups is 2. The van der Waals surface area contributed by atoms with E-state index >= 15 is 0 Å². The Morgan fingerprint density at radius 3 is 2.33 bits per heavy atom. The van der Waals surface area contributed by atoms with Crippen LogP contribution in [0.1, 0.15) is 65.8 Å². The van der Waals surface area contributed by atoms with Gasteiger partial charge in [0.25, 0.3) is 0 Å². The van der Waals surface area contributed by atoms with Crippen LogP contribution in [0.15, 0.2) is 54.9 Å². The van der Waals surface area contributed by atoms with E-state index in [-0.39, 0.29) is 35.9 Å². The number of pyridine rings is 1. The third-order valence-electron chi connectivity index (χ3n) is 5.64. The largest absolute Gasteiger partial charge is 1.00 e. The van der Waals surface area contributed by atoms with Crippen LogP contribution < -0.4 is 28.5 Å². The van der Waals surface area contributed by atoms with Crippen molar-refractivity contribution in [3.8, 4) is 0 Å². The van der Waals surface area contributed by atoms with Crippen LogP contribution in [0, 0.1) is 0 Å². The van der Waals surface area contributed by atoms with Crippen LogP contribution in [-0.2, 0) is 23.1 Å². The maximum atomic E-state index is 12.1. The number of unbranched alkanes of at least 4 members (excludes halogenated alkanes) is 6. The van der Waals surface area contributed by atoms with Crippen molar-refractivity contribution >= 4 is 22.8 Å². The number of para-hydroxylation sites is 1. The number of esters is 2. The van der Waals surface area contributed by atoms with E-state index in [9.17, 15) is 9.59 Å². The maximum absolute atomic E-state index is 12.1. The number of aromatic nitrogens is 2. The number of hydrogen-bond donors (Lipinski definition) is 0. The highest BCUT2D eigenvalue weighted by Gasteiger charge is 2.15. The summed E-state index contributed by atoms with van der Waals surface area (Å²) in [6, 6.07) is 13.6. The van der Waals surface area contributed by atoms with E-state index in [1.165, 1.54) is 13.5 Å². The Morgan fingerprint density at radius 1 is 0.909 bits per heavy atom. The first-order chi connectivity index (χ1) is 15.6. The van der Waals surface area contributed by atoms with E-state index in [0.717, 1.165) is 56.0 Å². The van der Waals surface area contributed by atoms with E-state index in [1.807, 2.05) is 54.2 Å². The highest BCUT2D eigenvalue weighted by atomic mass is 127. The molecule has 0 N–H and O–H groups in total. The monoisotopic (exact) mass is 564 g/mol. The van der Waals surface area contributed by atoms with E-state index in [0.29, 0.717) is 17.9 Å². The van der Waals surface area contributed by atoms with Gasteiger partial charge in [0, 0.05) is 23.5 Å². The second-order valence-corrected chi connectivity index (χ2v) is 8.10. The number of ether oxygens (including phenoxy) is 2. The van der Waals surface area contributed by atoms with Gasteiger partial charge in [-0.3, -0.25) is 0 Å². The molecule has 3 aromatic rings. The van der Waals surface area contributed by atoms with E-state index in [2.05, 4.69) is 4.57 Å². The van der Waals surface area contributed by atoms with Gasteiger partial charge in [0.05, 0.1) is 13.7 Å². The van der Waals surface area contributed by atoms with Gasteiger partial charge >= 0.3 is 11.9 Å². The van der Waals surface area contributed by atoms with Crippen molar-refractivity contribution in [2.75, 3.05) is 13.7 Å². The minimum atomic E-state index is -0.289. The molecular formula is C26H33IN2O4. The minimum Gasteiger partial charge on any atom is -1.00 e. The van der Waals surface area contributed by atoms with Crippen LogP contribution in [0.25, 0.3) is 10.9 Å². The first-order valence-corrected chi connectivity index (χ1v) is 11.4. The lowest BCUT2D eigenvalue weighted by Gasteiger charge is -2.09. The van der Waals surface area contributed by atoms with E-state index in [1.54, 1.807) is 12.3 Å². The number of methoxy groups -OCH3 is 1. The molecule has 0 unspecified atom stereocenters. The highest BCUT2D eigenvalue weighted by Crippen LogP contribution is 2.21. The average molecular weight is 564 g/mol. The number of halogens is 1. The summed E-state index contributed by atoms with van der Waals surface area (Å²) >= 11 is 0. The first kappa shape index (κ1) is 26.8. The minimum absolute atomic E-state index is 0. The molecule has 0 aliphatic rings. The molecule has 2 heterocycles. The fourth-order valence-electron chi connectivity index (χ4n) is 3.94. The van der Waals surface area contributed by atoms with Gasteiger partial charge in [0.2, 0.25) is 0 Å². The van der Waals surface area contributed by atoms with Gasteiger partial charge in [-0.05, 0) is 31.0 Å². The lowest BCUT2D eigenvalue weighted by atomic mass is 10.1. The van der Waals surface area contributed by atoms with Gasteiger partial charge in [-0.1, -0.05) is 50.3 Å². The molecule has 6 nitrogen and oxygen atoms in total. The van der Waals surface area contributed by atoms with Crippen molar-refractivity contribution < 1.29 is 47.6 Å². The summed E-state index contributed by atoms with van der Waals surface area (Å²) in [5, 5.41) is 1.06. The lowest BCUT2D eigenvalue weighted by molar-refractivity contribution is -0.671. The predicted molar refractivity (Wildman–Crippen MR) is 123 cm³/mol. The fraction of sp³-hybridized carbons (Fsp3) is 0.423. The Kier molecular flexibility index (Phi) is 11.4. The lowest BCUT2D eigenvalue weighted by Crippen LogP contribution is -3.00. The van der Waals surface area contributed by atoms with Gasteiger partial charge in [-0.15, -0.1) is 0 Å². The van der Waals surface area contributed by atoms with Crippen molar-refractivity contribution in [1.82, 2.24) is 4.57 Å². The fourth-order valence-corrected chi connectivity index (χ4v) is 3.94. The van der Waals surface area contributed by atoms with Crippen molar-refractivity contribution in [2.24, 2.45) is 7.05 Å². The summed E-state index contributed by atoms with van der Waals surface area (Å²) < 4.78 is 14.2. The van der Waals surface area contributed by atoms with Crippen molar-refractivity contribution in [3.63, 3.8) is 0 Å². The molecule has 0 amide bonds. The Labute approximate surface area is 212 Å². The molecule has 0 spiro atoms. The smallest absolute Gasteiger partial charge is 0.354 e. The van der Waals surface area contributed by atoms with Gasteiger partial charge in [-0.2, -0.15) is 0 Å². The molecule has 0 saturated carbocycles. The highest BCUT2D eigenvalue weighted by molar-refractivity contribution is 5.95. The molecule has 0 radical (unpaired) electrons. The van der Waals surface area contributed by atoms with Crippen LogP contribution >= 0.6 is 0 Å². The molecule has 2 aromatic heterocycles. The molecule has 178 valence electrons. The van der Waals surface area contributed by atoms with Gasteiger partial charge in [0.15, 0.2) is 12.4 Å². The molecule has 0 aliphatic carbocycles. The molecular weight excluding hydrogens is 531 g/mol. The Bertz CT molecular complexity index is 1050. The second kappa shape index (κ2) is 14.0. The number of hydrogen-bond acceptors (Lipinski definition) is 4. The topological polar surface area (TPSA) is 61.4 Å². The molecule has 1 aromatic carbocycles.